The summed E-state index contributed by atoms with van der Waals surface area (Å²) in [5.41, 5.74) is 2.28. The van der Waals surface area contributed by atoms with Crippen LogP contribution in [-0.4, -0.2) is 60.3 Å². The average Bonchev–Trinajstić information content (AvgIpc) is 3.46. The SMILES string of the molecule is CO[C@H](c1ncc(Cl)cn1)[C@H](C)S(=O)(=O)Cc1nnc(-c2cccc(C)n2)n1[C@H](C)c1cnn(C)c1. The highest BCUT2D eigenvalue weighted by molar-refractivity contribution is 7.91. The second kappa shape index (κ2) is 10.4. The van der Waals surface area contributed by atoms with E-state index in [1.165, 1.54) is 19.5 Å². The van der Waals surface area contributed by atoms with Crippen LogP contribution in [0.5, 0.6) is 0 Å². The van der Waals surface area contributed by atoms with Crippen LogP contribution in [-0.2, 0) is 27.4 Å². The van der Waals surface area contributed by atoms with Gasteiger partial charge in [0.15, 0.2) is 21.5 Å². The second-order valence-electron chi connectivity index (χ2n) is 8.53. The Bertz CT molecular complexity index is 1450. The van der Waals surface area contributed by atoms with Crippen LogP contribution in [0.15, 0.2) is 43.0 Å². The van der Waals surface area contributed by atoms with Gasteiger partial charge in [0.25, 0.3) is 0 Å². The molecule has 36 heavy (non-hydrogen) atoms. The van der Waals surface area contributed by atoms with E-state index >= 15 is 0 Å². The van der Waals surface area contributed by atoms with E-state index in [9.17, 15) is 8.42 Å². The van der Waals surface area contributed by atoms with Gasteiger partial charge in [-0.3, -0.25) is 4.68 Å². The van der Waals surface area contributed by atoms with Crippen molar-refractivity contribution in [3.05, 3.63) is 70.9 Å². The highest BCUT2D eigenvalue weighted by Crippen LogP contribution is 2.30. The second-order valence-corrected chi connectivity index (χ2v) is 11.3. The summed E-state index contributed by atoms with van der Waals surface area (Å²) in [5.74, 6) is 0.610. The molecule has 4 rings (SSSR count). The topological polar surface area (TPSA) is 131 Å². The van der Waals surface area contributed by atoms with Gasteiger partial charge in [0.05, 0.1) is 22.5 Å². The smallest absolute Gasteiger partial charge is 0.183 e. The van der Waals surface area contributed by atoms with E-state index in [2.05, 4.69) is 30.2 Å². The molecule has 0 amide bonds. The first-order valence-electron chi connectivity index (χ1n) is 11.2. The number of hydrogen-bond acceptors (Lipinski definition) is 9. The standard InChI is InChI=1S/C23H27ClN8O3S/c1-14-7-6-8-19(28-14)23-30-29-20(32(23)15(2)17-9-27-31(4)12-17)13-36(33,34)16(3)21(35-5)22-25-10-18(24)11-26-22/h6-12,15-16,21H,13H2,1-5H3/t15-,16+,21+/m1/s1. The van der Waals surface area contributed by atoms with Gasteiger partial charge in [-0.05, 0) is 32.9 Å². The number of aryl methyl sites for hydroxylation is 2. The molecular weight excluding hydrogens is 504 g/mol. The molecule has 0 saturated carbocycles. The van der Waals surface area contributed by atoms with Crippen LogP contribution < -0.4 is 0 Å². The van der Waals surface area contributed by atoms with Crippen molar-refractivity contribution in [2.75, 3.05) is 7.11 Å². The first-order chi connectivity index (χ1) is 17.1. The molecule has 13 heteroatoms. The summed E-state index contributed by atoms with van der Waals surface area (Å²) in [6.45, 7) is 5.39. The van der Waals surface area contributed by atoms with E-state index in [1.807, 2.05) is 45.3 Å². The molecule has 4 aromatic heterocycles. The van der Waals surface area contributed by atoms with Gasteiger partial charge < -0.3 is 9.30 Å². The van der Waals surface area contributed by atoms with Crippen molar-refractivity contribution < 1.29 is 13.2 Å². The normalized spacial score (nSPS) is 14.5. The van der Waals surface area contributed by atoms with Crippen molar-refractivity contribution in [3.63, 3.8) is 0 Å². The lowest BCUT2D eigenvalue weighted by molar-refractivity contribution is 0.0948. The zero-order valence-electron chi connectivity index (χ0n) is 20.6. The largest absolute Gasteiger partial charge is 0.372 e. The number of hydrogen-bond donors (Lipinski definition) is 0. The van der Waals surface area contributed by atoms with Crippen LogP contribution in [0.1, 0.15) is 48.9 Å². The van der Waals surface area contributed by atoms with Crippen molar-refractivity contribution in [1.29, 1.82) is 0 Å². The van der Waals surface area contributed by atoms with E-state index in [0.717, 1.165) is 11.3 Å². The summed E-state index contributed by atoms with van der Waals surface area (Å²) in [4.78, 5) is 12.9. The lowest BCUT2D eigenvalue weighted by Gasteiger charge is -2.22. The number of halogens is 1. The summed E-state index contributed by atoms with van der Waals surface area (Å²) in [5, 5.41) is 12.3. The quantitative estimate of drug-likeness (QED) is 0.320. The molecule has 3 atom stereocenters. The molecule has 0 aliphatic carbocycles. The van der Waals surface area contributed by atoms with Crippen molar-refractivity contribution in [2.24, 2.45) is 7.05 Å². The Hall–Kier alpha value is -3.22. The Morgan fingerprint density at radius 2 is 1.83 bits per heavy atom. The minimum absolute atomic E-state index is 0.229. The predicted molar refractivity (Wildman–Crippen MR) is 134 cm³/mol. The molecule has 0 saturated heterocycles. The fourth-order valence-corrected chi connectivity index (χ4v) is 5.48. The Morgan fingerprint density at radius 1 is 1.11 bits per heavy atom. The molecule has 190 valence electrons. The van der Waals surface area contributed by atoms with Crippen molar-refractivity contribution >= 4 is 21.4 Å². The maximum Gasteiger partial charge on any atom is 0.183 e. The molecule has 0 aliphatic rings. The van der Waals surface area contributed by atoms with Crippen molar-refractivity contribution in [1.82, 2.24) is 39.5 Å². The molecule has 0 bridgehead atoms. The highest BCUT2D eigenvalue weighted by Gasteiger charge is 2.35. The van der Waals surface area contributed by atoms with Crippen LogP contribution in [0.4, 0.5) is 0 Å². The number of sulfone groups is 1. The molecule has 4 heterocycles. The van der Waals surface area contributed by atoms with Crippen LogP contribution in [0.2, 0.25) is 5.02 Å². The summed E-state index contributed by atoms with van der Waals surface area (Å²) >= 11 is 5.88. The number of ether oxygens (including phenoxy) is 1. The summed E-state index contributed by atoms with van der Waals surface area (Å²) in [6.07, 6.45) is 5.53. The van der Waals surface area contributed by atoms with E-state index < -0.39 is 21.2 Å². The third-order valence-electron chi connectivity index (χ3n) is 5.95. The molecule has 0 fully saturated rings. The molecule has 0 unspecified atom stereocenters. The Labute approximate surface area is 214 Å². The number of methoxy groups -OCH3 is 1. The van der Waals surface area contributed by atoms with Gasteiger partial charge in [0.2, 0.25) is 0 Å². The molecule has 0 N–H and O–H groups in total. The fraction of sp³-hybridized carbons (Fsp3) is 0.391. The minimum Gasteiger partial charge on any atom is -0.372 e. The Kier molecular flexibility index (Phi) is 7.48. The van der Waals surface area contributed by atoms with Gasteiger partial charge in [-0.2, -0.15) is 5.10 Å². The van der Waals surface area contributed by atoms with Crippen LogP contribution >= 0.6 is 11.6 Å². The van der Waals surface area contributed by atoms with Crippen molar-refractivity contribution in [3.8, 4) is 11.5 Å². The fourth-order valence-electron chi connectivity index (χ4n) is 3.95. The summed E-state index contributed by atoms with van der Waals surface area (Å²) in [6, 6.07) is 5.28. The first kappa shape index (κ1) is 25.9. The van der Waals surface area contributed by atoms with Gasteiger partial charge in [-0.25, -0.2) is 23.4 Å². The minimum atomic E-state index is -3.80. The van der Waals surface area contributed by atoms with E-state index in [-0.39, 0.29) is 23.4 Å². The van der Waals surface area contributed by atoms with Gasteiger partial charge in [0, 0.05) is 44.0 Å². The molecule has 11 nitrogen and oxygen atoms in total. The number of rotatable bonds is 9. The van der Waals surface area contributed by atoms with Gasteiger partial charge >= 0.3 is 0 Å². The van der Waals surface area contributed by atoms with Crippen LogP contribution in [0, 0.1) is 6.92 Å². The van der Waals surface area contributed by atoms with Crippen LogP contribution in [0.3, 0.4) is 0 Å². The third kappa shape index (κ3) is 5.30. The zero-order valence-corrected chi connectivity index (χ0v) is 22.1. The molecule has 4 aromatic rings. The molecule has 0 aliphatic heterocycles. The van der Waals surface area contributed by atoms with Gasteiger partial charge in [-0.1, -0.05) is 17.7 Å². The number of pyridine rings is 1. The summed E-state index contributed by atoms with van der Waals surface area (Å²) < 4.78 is 36.1. The molecule has 0 aromatic carbocycles. The number of nitrogens with zero attached hydrogens (tertiary/aromatic N) is 8. The number of aromatic nitrogens is 8. The molecule has 0 radical (unpaired) electrons. The monoisotopic (exact) mass is 530 g/mol. The Morgan fingerprint density at radius 3 is 2.44 bits per heavy atom. The van der Waals surface area contributed by atoms with E-state index in [1.54, 1.807) is 22.4 Å². The molecule has 0 spiro atoms. The molecular formula is C23H27ClN8O3S. The van der Waals surface area contributed by atoms with Gasteiger partial charge in [-0.15, -0.1) is 10.2 Å². The van der Waals surface area contributed by atoms with E-state index in [0.29, 0.717) is 16.5 Å². The summed E-state index contributed by atoms with van der Waals surface area (Å²) in [7, 11) is -0.554. The lowest BCUT2D eigenvalue weighted by atomic mass is 10.1. The zero-order chi connectivity index (χ0) is 26.0. The Balaban J connectivity index is 1.74. The highest BCUT2D eigenvalue weighted by atomic mass is 35.5. The van der Waals surface area contributed by atoms with E-state index in [4.69, 9.17) is 16.3 Å². The first-order valence-corrected chi connectivity index (χ1v) is 13.3. The van der Waals surface area contributed by atoms with Crippen LogP contribution in [0.25, 0.3) is 11.5 Å². The lowest BCUT2D eigenvalue weighted by Crippen LogP contribution is -2.30. The maximum absolute atomic E-state index is 13.6. The third-order valence-corrected chi connectivity index (χ3v) is 8.19. The average molecular weight is 531 g/mol. The van der Waals surface area contributed by atoms with Gasteiger partial charge in [0.1, 0.15) is 23.4 Å². The predicted octanol–water partition coefficient (Wildman–Crippen LogP) is 3.13. The van der Waals surface area contributed by atoms with Crippen molar-refractivity contribution in [2.45, 2.75) is 43.9 Å². The maximum atomic E-state index is 13.6.